The van der Waals surface area contributed by atoms with E-state index in [-0.39, 0.29) is 5.91 Å². The molecule has 7 heteroatoms. The highest BCUT2D eigenvalue weighted by atomic mass is 16.5. The van der Waals surface area contributed by atoms with Crippen molar-refractivity contribution in [1.29, 1.82) is 0 Å². The molecule has 156 valence electrons. The van der Waals surface area contributed by atoms with E-state index in [0.29, 0.717) is 47.8 Å². The Bertz CT molecular complexity index is 995. The molecule has 1 fully saturated rings. The van der Waals surface area contributed by atoms with Crippen LogP contribution >= 0.6 is 0 Å². The van der Waals surface area contributed by atoms with E-state index in [1.807, 2.05) is 35.2 Å². The summed E-state index contributed by atoms with van der Waals surface area (Å²) in [5.74, 6) is 2.87. The van der Waals surface area contributed by atoms with Crippen molar-refractivity contribution in [3.05, 3.63) is 60.0 Å². The summed E-state index contributed by atoms with van der Waals surface area (Å²) in [5.41, 5.74) is 1.55. The molecule has 0 spiro atoms. The molecule has 7 nitrogen and oxygen atoms in total. The van der Waals surface area contributed by atoms with Crippen LogP contribution in [0, 0.1) is 5.92 Å². The van der Waals surface area contributed by atoms with E-state index in [2.05, 4.69) is 10.1 Å². The van der Waals surface area contributed by atoms with Crippen molar-refractivity contribution in [3.63, 3.8) is 0 Å². The number of likely N-dealkylation sites (tertiary alicyclic amines) is 1. The first kappa shape index (κ1) is 19.9. The molecule has 0 saturated carbocycles. The lowest BCUT2D eigenvalue weighted by molar-refractivity contribution is 0.0687. The fourth-order valence-corrected chi connectivity index (χ4v) is 3.78. The first-order valence-electron chi connectivity index (χ1n) is 10.1. The van der Waals surface area contributed by atoms with Gasteiger partial charge in [0.1, 0.15) is 0 Å². The number of carbonyl (C=O) groups excluding carboxylic acids is 1. The molecule has 1 aromatic heterocycles. The molecule has 2 aromatic carbocycles. The van der Waals surface area contributed by atoms with Crippen molar-refractivity contribution in [2.45, 2.75) is 19.3 Å². The van der Waals surface area contributed by atoms with Crippen LogP contribution in [0.25, 0.3) is 11.4 Å². The fourth-order valence-electron chi connectivity index (χ4n) is 3.78. The summed E-state index contributed by atoms with van der Waals surface area (Å²) in [5, 5.41) is 4.09. The van der Waals surface area contributed by atoms with Gasteiger partial charge in [0.25, 0.3) is 5.91 Å². The number of aromatic nitrogens is 2. The van der Waals surface area contributed by atoms with Gasteiger partial charge in [-0.1, -0.05) is 35.5 Å². The summed E-state index contributed by atoms with van der Waals surface area (Å²) >= 11 is 0. The topological polar surface area (TPSA) is 77.7 Å². The summed E-state index contributed by atoms with van der Waals surface area (Å²) < 4.78 is 16.0. The van der Waals surface area contributed by atoms with Gasteiger partial charge in [-0.25, -0.2) is 0 Å². The zero-order valence-corrected chi connectivity index (χ0v) is 17.2. The van der Waals surface area contributed by atoms with Crippen LogP contribution in [-0.4, -0.2) is 48.3 Å². The van der Waals surface area contributed by atoms with Crippen LogP contribution in [0.1, 0.15) is 29.1 Å². The van der Waals surface area contributed by atoms with E-state index in [1.54, 1.807) is 32.4 Å². The minimum atomic E-state index is 0.0126. The monoisotopic (exact) mass is 407 g/mol. The van der Waals surface area contributed by atoms with Gasteiger partial charge in [0.05, 0.1) is 14.2 Å². The Hall–Kier alpha value is -3.35. The van der Waals surface area contributed by atoms with Crippen LogP contribution in [0.4, 0.5) is 0 Å². The molecule has 0 aliphatic carbocycles. The van der Waals surface area contributed by atoms with Crippen LogP contribution in [0.5, 0.6) is 11.5 Å². The predicted octanol–water partition coefficient (Wildman–Crippen LogP) is 3.85. The van der Waals surface area contributed by atoms with Gasteiger partial charge in [0, 0.05) is 30.6 Å². The Kier molecular flexibility index (Phi) is 5.97. The average molecular weight is 407 g/mol. The van der Waals surface area contributed by atoms with Gasteiger partial charge >= 0.3 is 0 Å². The van der Waals surface area contributed by atoms with Crippen molar-refractivity contribution in [1.82, 2.24) is 15.0 Å². The Morgan fingerprint density at radius 1 is 1.07 bits per heavy atom. The van der Waals surface area contributed by atoms with Crippen LogP contribution in [0.3, 0.4) is 0 Å². The maximum atomic E-state index is 12.9. The maximum absolute atomic E-state index is 12.9. The highest BCUT2D eigenvalue weighted by Gasteiger charge is 2.26. The number of piperidine rings is 1. The fraction of sp³-hybridized carbons (Fsp3) is 0.348. The highest BCUT2D eigenvalue weighted by molar-refractivity contribution is 5.95. The molecule has 0 N–H and O–H groups in total. The quantitative estimate of drug-likeness (QED) is 0.618. The number of rotatable bonds is 6. The first-order chi connectivity index (χ1) is 14.7. The lowest BCUT2D eigenvalue weighted by Gasteiger charge is -2.31. The second-order valence-electron chi connectivity index (χ2n) is 7.39. The van der Waals surface area contributed by atoms with Crippen molar-refractivity contribution in [2.75, 3.05) is 27.3 Å². The van der Waals surface area contributed by atoms with Gasteiger partial charge in [-0.2, -0.15) is 4.98 Å². The van der Waals surface area contributed by atoms with E-state index in [9.17, 15) is 4.79 Å². The van der Waals surface area contributed by atoms with Crippen LogP contribution in [0.2, 0.25) is 0 Å². The van der Waals surface area contributed by atoms with Crippen LogP contribution < -0.4 is 9.47 Å². The third-order valence-corrected chi connectivity index (χ3v) is 5.50. The van der Waals surface area contributed by atoms with Crippen molar-refractivity contribution >= 4 is 5.91 Å². The molecule has 0 bridgehead atoms. The molecule has 1 aliphatic rings. The largest absolute Gasteiger partial charge is 0.493 e. The molecule has 1 saturated heterocycles. The third-order valence-electron chi connectivity index (χ3n) is 5.50. The van der Waals surface area contributed by atoms with Gasteiger partial charge < -0.3 is 18.9 Å². The summed E-state index contributed by atoms with van der Waals surface area (Å²) in [6.45, 7) is 1.41. The molecule has 1 amide bonds. The number of hydrogen-bond acceptors (Lipinski definition) is 6. The summed E-state index contributed by atoms with van der Waals surface area (Å²) in [7, 11) is 3.15. The second kappa shape index (κ2) is 8.98. The lowest BCUT2D eigenvalue weighted by atomic mass is 9.93. The molecular formula is C23H25N3O4. The number of carbonyl (C=O) groups is 1. The molecule has 4 rings (SSSR count). The average Bonchev–Trinajstić information content (AvgIpc) is 3.27. The van der Waals surface area contributed by atoms with Gasteiger partial charge in [0.2, 0.25) is 11.7 Å². The van der Waals surface area contributed by atoms with Crippen LogP contribution in [-0.2, 0) is 6.42 Å². The molecular weight excluding hydrogens is 382 g/mol. The maximum Gasteiger partial charge on any atom is 0.253 e. The van der Waals surface area contributed by atoms with E-state index in [1.165, 1.54) is 0 Å². The summed E-state index contributed by atoms with van der Waals surface area (Å²) in [4.78, 5) is 19.3. The number of benzene rings is 2. The van der Waals surface area contributed by atoms with Gasteiger partial charge in [-0.3, -0.25) is 4.79 Å². The van der Waals surface area contributed by atoms with E-state index in [4.69, 9.17) is 14.0 Å². The second-order valence-corrected chi connectivity index (χ2v) is 7.39. The smallest absolute Gasteiger partial charge is 0.253 e. The van der Waals surface area contributed by atoms with E-state index >= 15 is 0 Å². The zero-order valence-electron chi connectivity index (χ0n) is 17.2. The Labute approximate surface area is 175 Å². The van der Waals surface area contributed by atoms with E-state index < -0.39 is 0 Å². The van der Waals surface area contributed by atoms with Crippen molar-refractivity contribution in [3.8, 4) is 22.9 Å². The normalized spacial score (nSPS) is 14.5. The molecule has 3 aromatic rings. The Morgan fingerprint density at radius 3 is 2.50 bits per heavy atom. The van der Waals surface area contributed by atoms with Gasteiger partial charge in [-0.05, 0) is 37.0 Å². The van der Waals surface area contributed by atoms with Crippen molar-refractivity contribution in [2.24, 2.45) is 5.92 Å². The lowest BCUT2D eigenvalue weighted by Crippen LogP contribution is -2.38. The zero-order chi connectivity index (χ0) is 20.9. The van der Waals surface area contributed by atoms with E-state index in [0.717, 1.165) is 24.8 Å². The Balaban J connectivity index is 1.34. The number of nitrogens with zero attached hydrogens (tertiary/aromatic N) is 3. The number of amides is 1. The molecule has 2 heterocycles. The minimum absolute atomic E-state index is 0.0126. The number of hydrogen-bond donors (Lipinski definition) is 0. The standard InChI is InChI=1S/C23H25N3O4/c1-28-19-9-8-18(15-20(19)29-2)23(27)26-12-10-16(11-13-26)14-21-24-22(25-30-21)17-6-4-3-5-7-17/h3-9,15-16H,10-14H2,1-2H3. The minimum Gasteiger partial charge on any atom is -0.493 e. The summed E-state index contributed by atoms with van der Waals surface area (Å²) in [6, 6.07) is 15.1. The molecule has 30 heavy (non-hydrogen) atoms. The number of ether oxygens (including phenoxy) is 2. The summed E-state index contributed by atoms with van der Waals surface area (Å²) in [6.07, 6.45) is 2.54. The molecule has 0 atom stereocenters. The SMILES string of the molecule is COc1ccc(C(=O)N2CCC(Cc3nc(-c4ccccc4)no3)CC2)cc1OC. The molecule has 0 unspecified atom stereocenters. The molecule has 0 radical (unpaired) electrons. The van der Waals surface area contributed by atoms with Crippen molar-refractivity contribution < 1.29 is 18.8 Å². The number of methoxy groups -OCH3 is 2. The Morgan fingerprint density at radius 2 is 1.80 bits per heavy atom. The first-order valence-corrected chi connectivity index (χ1v) is 10.1. The van der Waals surface area contributed by atoms with Gasteiger partial charge in [0.15, 0.2) is 11.5 Å². The van der Waals surface area contributed by atoms with Crippen LogP contribution in [0.15, 0.2) is 53.1 Å². The highest BCUT2D eigenvalue weighted by Crippen LogP contribution is 2.29. The predicted molar refractivity (Wildman–Crippen MR) is 112 cm³/mol. The molecule has 1 aliphatic heterocycles. The van der Waals surface area contributed by atoms with Gasteiger partial charge in [-0.15, -0.1) is 0 Å². The third kappa shape index (κ3) is 4.30.